The number of carbonyl (C=O) groups is 1. The number of amides is 1. The van der Waals surface area contributed by atoms with Crippen molar-refractivity contribution < 1.29 is 18.7 Å². The number of ether oxygens (including phenoxy) is 2. The van der Waals surface area contributed by atoms with E-state index in [0.29, 0.717) is 17.7 Å². The van der Waals surface area contributed by atoms with E-state index in [9.17, 15) is 9.18 Å². The van der Waals surface area contributed by atoms with Crippen LogP contribution in [0.1, 0.15) is 29.6 Å². The molecule has 0 radical (unpaired) electrons. The Morgan fingerprint density at radius 3 is 2.96 bits per heavy atom. The van der Waals surface area contributed by atoms with Gasteiger partial charge in [-0.3, -0.25) is 9.69 Å². The van der Waals surface area contributed by atoms with Crippen LogP contribution >= 0.6 is 0 Å². The average molecular weight is 334 g/mol. The zero-order valence-electron chi connectivity index (χ0n) is 13.8. The van der Waals surface area contributed by atoms with Gasteiger partial charge in [0, 0.05) is 30.7 Å². The topological polar surface area (TPSA) is 50.8 Å². The van der Waals surface area contributed by atoms with E-state index < -0.39 is 5.82 Å². The maximum atomic E-state index is 13.5. The van der Waals surface area contributed by atoms with Crippen LogP contribution in [0, 0.1) is 11.7 Å². The van der Waals surface area contributed by atoms with Crippen LogP contribution in [0.4, 0.5) is 4.39 Å². The Bertz CT molecular complexity index is 635. The van der Waals surface area contributed by atoms with Crippen LogP contribution < -0.4 is 10.1 Å². The van der Waals surface area contributed by atoms with Crippen LogP contribution in [0.5, 0.6) is 5.75 Å². The number of hydrogen-bond donors (Lipinski definition) is 1. The Hall–Kier alpha value is -1.66. The summed E-state index contributed by atoms with van der Waals surface area (Å²) in [5.41, 5.74) is 0.422. The molecular formula is C18H23FN2O3. The third-order valence-electron chi connectivity index (χ3n) is 5.34. The first-order chi connectivity index (χ1) is 11.6. The number of rotatable bonds is 4. The fourth-order valence-corrected chi connectivity index (χ4v) is 3.83. The second-order valence-corrected chi connectivity index (χ2v) is 7.07. The maximum Gasteiger partial charge on any atom is 0.251 e. The molecule has 3 fully saturated rings. The van der Waals surface area contributed by atoms with E-state index in [0.717, 1.165) is 32.0 Å². The highest BCUT2D eigenvalue weighted by Crippen LogP contribution is 2.37. The smallest absolute Gasteiger partial charge is 0.251 e. The lowest BCUT2D eigenvalue weighted by Crippen LogP contribution is -2.47. The van der Waals surface area contributed by atoms with Gasteiger partial charge in [-0.15, -0.1) is 0 Å². The summed E-state index contributed by atoms with van der Waals surface area (Å²) < 4.78 is 24.4. The molecule has 1 amide bonds. The van der Waals surface area contributed by atoms with E-state index in [4.69, 9.17) is 9.47 Å². The molecule has 3 atom stereocenters. The molecule has 1 aromatic rings. The molecule has 0 bridgehead atoms. The van der Waals surface area contributed by atoms with Crippen LogP contribution in [-0.2, 0) is 4.74 Å². The SMILES string of the molecule is COc1cc(C(=O)N[C@H]2C[C@H]3CO[C@@H](C4CC4)CN3C2)ccc1F. The molecule has 1 N–H and O–H groups in total. The molecule has 1 saturated carbocycles. The van der Waals surface area contributed by atoms with Gasteiger partial charge in [0.05, 0.1) is 19.8 Å². The van der Waals surface area contributed by atoms with Crippen LogP contribution in [-0.4, -0.2) is 55.8 Å². The molecule has 4 rings (SSSR count). The van der Waals surface area contributed by atoms with Gasteiger partial charge in [-0.25, -0.2) is 4.39 Å². The summed E-state index contributed by atoms with van der Waals surface area (Å²) in [5.74, 6) is 0.187. The second kappa shape index (κ2) is 6.33. The highest BCUT2D eigenvalue weighted by Gasteiger charge is 2.42. The van der Waals surface area contributed by atoms with Crippen molar-refractivity contribution in [2.45, 2.75) is 37.5 Å². The third kappa shape index (κ3) is 3.13. The lowest BCUT2D eigenvalue weighted by Gasteiger charge is -2.35. The Morgan fingerprint density at radius 2 is 2.21 bits per heavy atom. The molecule has 1 aliphatic carbocycles. The molecule has 24 heavy (non-hydrogen) atoms. The fraction of sp³-hybridized carbons (Fsp3) is 0.611. The first-order valence-corrected chi connectivity index (χ1v) is 8.64. The second-order valence-electron chi connectivity index (χ2n) is 7.07. The van der Waals surface area contributed by atoms with Crippen molar-refractivity contribution in [3.8, 4) is 5.75 Å². The van der Waals surface area contributed by atoms with Gasteiger partial charge in [0.1, 0.15) is 0 Å². The molecule has 2 saturated heterocycles. The van der Waals surface area contributed by atoms with Crippen molar-refractivity contribution in [1.29, 1.82) is 0 Å². The molecule has 0 aromatic heterocycles. The molecule has 2 heterocycles. The third-order valence-corrected chi connectivity index (χ3v) is 5.34. The lowest BCUT2D eigenvalue weighted by molar-refractivity contribution is -0.0581. The van der Waals surface area contributed by atoms with Crippen LogP contribution in [0.2, 0.25) is 0 Å². The zero-order valence-corrected chi connectivity index (χ0v) is 13.8. The number of halogens is 1. The van der Waals surface area contributed by atoms with Crippen molar-refractivity contribution in [3.05, 3.63) is 29.6 Å². The van der Waals surface area contributed by atoms with Crippen LogP contribution in [0.25, 0.3) is 0 Å². The minimum absolute atomic E-state index is 0.0900. The standard InChI is InChI=1S/C18H23FN2O3/c1-23-16-6-12(4-5-15(16)19)18(22)20-13-7-14-10-24-17(11-2-3-11)9-21(14)8-13/h4-6,11,13-14,17H,2-3,7-10H2,1H3,(H,20,22)/t13-,14-,17+/m0/s1. The summed E-state index contributed by atoms with van der Waals surface area (Å²) in [6.07, 6.45) is 3.85. The molecule has 5 nitrogen and oxygen atoms in total. The lowest BCUT2D eigenvalue weighted by atomic mass is 10.1. The summed E-state index contributed by atoms with van der Waals surface area (Å²) in [6.45, 7) is 2.60. The fourth-order valence-electron chi connectivity index (χ4n) is 3.83. The number of fused-ring (bicyclic) bond motifs is 1. The number of morpholine rings is 1. The highest BCUT2D eigenvalue weighted by molar-refractivity contribution is 5.94. The first-order valence-electron chi connectivity index (χ1n) is 8.64. The van der Waals surface area contributed by atoms with Gasteiger partial charge < -0.3 is 14.8 Å². The molecule has 3 aliphatic rings. The minimum Gasteiger partial charge on any atom is -0.494 e. The minimum atomic E-state index is -0.463. The summed E-state index contributed by atoms with van der Waals surface area (Å²) in [6, 6.07) is 4.70. The van der Waals surface area contributed by atoms with Gasteiger partial charge in [-0.05, 0) is 43.4 Å². The molecule has 130 valence electrons. The average Bonchev–Trinajstić information content (AvgIpc) is 3.35. The van der Waals surface area contributed by atoms with Crippen molar-refractivity contribution in [2.24, 2.45) is 5.92 Å². The summed E-state index contributed by atoms with van der Waals surface area (Å²) >= 11 is 0. The van der Waals surface area contributed by atoms with E-state index in [2.05, 4.69) is 10.2 Å². The Morgan fingerprint density at radius 1 is 1.38 bits per heavy atom. The largest absolute Gasteiger partial charge is 0.494 e. The van der Waals surface area contributed by atoms with Crippen molar-refractivity contribution in [2.75, 3.05) is 26.8 Å². The van der Waals surface area contributed by atoms with Crippen LogP contribution in [0.3, 0.4) is 0 Å². The monoisotopic (exact) mass is 334 g/mol. The van der Waals surface area contributed by atoms with Crippen LogP contribution in [0.15, 0.2) is 18.2 Å². The predicted molar refractivity (Wildman–Crippen MR) is 86.6 cm³/mol. The highest BCUT2D eigenvalue weighted by atomic mass is 19.1. The molecule has 1 aromatic carbocycles. The van der Waals surface area contributed by atoms with Crippen molar-refractivity contribution in [1.82, 2.24) is 10.2 Å². The van der Waals surface area contributed by atoms with Crippen molar-refractivity contribution >= 4 is 5.91 Å². The van der Waals surface area contributed by atoms with Gasteiger partial charge in [0.2, 0.25) is 0 Å². The molecule has 0 unspecified atom stereocenters. The maximum absolute atomic E-state index is 13.5. The summed E-state index contributed by atoms with van der Waals surface area (Å²) in [5, 5.41) is 3.07. The van der Waals surface area contributed by atoms with E-state index in [-0.39, 0.29) is 17.7 Å². The van der Waals surface area contributed by atoms with E-state index in [1.165, 1.54) is 38.2 Å². The zero-order chi connectivity index (χ0) is 16.7. The first kappa shape index (κ1) is 15.8. The molecule has 2 aliphatic heterocycles. The van der Waals surface area contributed by atoms with E-state index >= 15 is 0 Å². The number of hydrogen-bond acceptors (Lipinski definition) is 4. The summed E-state index contributed by atoms with van der Waals surface area (Å²) in [7, 11) is 1.39. The number of carbonyl (C=O) groups excluding carboxylic acids is 1. The Balaban J connectivity index is 1.36. The quantitative estimate of drug-likeness (QED) is 0.912. The molecule has 6 heteroatoms. The van der Waals surface area contributed by atoms with Gasteiger partial charge in [0.15, 0.2) is 11.6 Å². The van der Waals surface area contributed by atoms with Gasteiger partial charge in [0.25, 0.3) is 5.91 Å². The molecule has 0 spiro atoms. The number of methoxy groups -OCH3 is 1. The number of benzene rings is 1. The summed E-state index contributed by atoms with van der Waals surface area (Å²) in [4.78, 5) is 14.9. The van der Waals surface area contributed by atoms with Gasteiger partial charge in [-0.1, -0.05) is 0 Å². The van der Waals surface area contributed by atoms with Gasteiger partial charge >= 0.3 is 0 Å². The number of nitrogens with one attached hydrogen (secondary N) is 1. The van der Waals surface area contributed by atoms with Crippen molar-refractivity contribution in [3.63, 3.8) is 0 Å². The predicted octanol–water partition coefficient (Wildman–Crippen LogP) is 1.82. The number of nitrogens with zero attached hydrogens (tertiary/aromatic N) is 1. The van der Waals surface area contributed by atoms with E-state index in [1.807, 2.05) is 0 Å². The normalized spacial score (nSPS) is 30.0. The Labute approximate surface area is 141 Å². The molecular weight excluding hydrogens is 311 g/mol. The van der Waals surface area contributed by atoms with E-state index in [1.54, 1.807) is 0 Å². The van der Waals surface area contributed by atoms with Gasteiger partial charge in [-0.2, -0.15) is 0 Å². The Kier molecular flexibility index (Phi) is 4.18.